The number of aromatic nitrogens is 1. The molecule has 1 heterocycles. The minimum atomic E-state index is -0.118. The van der Waals surface area contributed by atoms with Crippen LogP contribution in [0.25, 0.3) is 10.8 Å². The van der Waals surface area contributed by atoms with Gasteiger partial charge in [0.25, 0.3) is 5.56 Å². The smallest absolute Gasteiger partial charge is 0.258 e. The number of fused-ring (bicyclic) bond motifs is 1. The van der Waals surface area contributed by atoms with Crippen molar-refractivity contribution in [3.05, 3.63) is 40.3 Å². The van der Waals surface area contributed by atoms with E-state index in [0.29, 0.717) is 16.7 Å². The van der Waals surface area contributed by atoms with E-state index in [9.17, 15) is 9.59 Å². The maximum absolute atomic E-state index is 11.9. The number of rotatable bonds is 2. The first-order chi connectivity index (χ1) is 8.04. The Morgan fingerprint density at radius 1 is 1.35 bits per heavy atom. The van der Waals surface area contributed by atoms with Gasteiger partial charge >= 0.3 is 0 Å². The molecule has 0 saturated carbocycles. The summed E-state index contributed by atoms with van der Waals surface area (Å²) >= 11 is 0. The highest BCUT2D eigenvalue weighted by Gasteiger charge is 2.11. The number of ether oxygens (including phenoxy) is 1. The largest absolute Gasteiger partial charge is 0.496 e. The van der Waals surface area contributed by atoms with Crippen molar-refractivity contribution in [1.82, 2.24) is 4.57 Å². The number of pyridine rings is 1. The number of aryl methyl sites for hydroxylation is 1. The van der Waals surface area contributed by atoms with Crippen LogP contribution in [0.1, 0.15) is 17.3 Å². The minimum absolute atomic E-state index is 0.116. The molecule has 88 valence electrons. The fourth-order valence-corrected chi connectivity index (χ4v) is 1.81. The van der Waals surface area contributed by atoms with Gasteiger partial charge in [-0.3, -0.25) is 9.59 Å². The van der Waals surface area contributed by atoms with Crippen LogP contribution in [-0.2, 0) is 7.05 Å². The van der Waals surface area contributed by atoms with Gasteiger partial charge in [0.2, 0.25) is 0 Å². The van der Waals surface area contributed by atoms with Gasteiger partial charge in [0.05, 0.1) is 12.7 Å². The van der Waals surface area contributed by atoms with Crippen LogP contribution in [0.4, 0.5) is 0 Å². The van der Waals surface area contributed by atoms with Crippen molar-refractivity contribution >= 4 is 16.6 Å². The van der Waals surface area contributed by atoms with E-state index in [2.05, 4.69) is 0 Å². The van der Waals surface area contributed by atoms with E-state index < -0.39 is 0 Å². The second kappa shape index (κ2) is 4.05. The van der Waals surface area contributed by atoms with Gasteiger partial charge < -0.3 is 9.30 Å². The highest BCUT2D eigenvalue weighted by molar-refractivity contribution is 6.01. The van der Waals surface area contributed by atoms with E-state index in [1.807, 2.05) is 6.07 Å². The van der Waals surface area contributed by atoms with E-state index in [-0.39, 0.29) is 11.3 Å². The Morgan fingerprint density at radius 2 is 2.06 bits per heavy atom. The molecule has 1 aromatic heterocycles. The van der Waals surface area contributed by atoms with Gasteiger partial charge in [-0.2, -0.15) is 0 Å². The predicted octanol–water partition coefficient (Wildman–Crippen LogP) is 1.75. The first-order valence-corrected chi connectivity index (χ1v) is 5.23. The first kappa shape index (κ1) is 11.4. The molecular weight excluding hydrogens is 218 g/mol. The number of hydrogen-bond donors (Lipinski definition) is 0. The molecule has 4 heteroatoms. The topological polar surface area (TPSA) is 48.3 Å². The second-order valence-electron chi connectivity index (χ2n) is 3.93. The lowest BCUT2D eigenvalue weighted by atomic mass is 10.0. The highest BCUT2D eigenvalue weighted by atomic mass is 16.5. The Balaban J connectivity index is 2.89. The Bertz CT molecular complexity index is 655. The van der Waals surface area contributed by atoms with Gasteiger partial charge in [0, 0.05) is 18.6 Å². The van der Waals surface area contributed by atoms with E-state index in [0.717, 1.165) is 5.39 Å². The molecule has 0 aliphatic rings. The van der Waals surface area contributed by atoms with Gasteiger partial charge in [-0.25, -0.2) is 0 Å². The van der Waals surface area contributed by atoms with E-state index >= 15 is 0 Å². The average Bonchev–Trinajstić information content (AvgIpc) is 2.32. The van der Waals surface area contributed by atoms with Gasteiger partial charge in [-0.15, -0.1) is 0 Å². The summed E-state index contributed by atoms with van der Waals surface area (Å²) < 4.78 is 6.64. The second-order valence-corrected chi connectivity index (χ2v) is 3.93. The number of carbonyl (C=O) groups excluding carboxylic acids is 1. The molecule has 0 fully saturated rings. The molecule has 0 bridgehead atoms. The maximum Gasteiger partial charge on any atom is 0.258 e. The number of carbonyl (C=O) groups is 1. The quantitative estimate of drug-likeness (QED) is 0.740. The summed E-state index contributed by atoms with van der Waals surface area (Å²) in [4.78, 5) is 23.4. The number of nitrogens with zero attached hydrogens (tertiary/aromatic N) is 1. The third-order valence-electron chi connectivity index (χ3n) is 2.78. The summed E-state index contributed by atoms with van der Waals surface area (Å²) in [6.07, 6.45) is 1.69. The summed E-state index contributed by atoms with van der Waals surface area (Å²) in [6, 6.07) is 5.13. The molecule has 17 heavy (non-hydrogen) atoms. The van der Waals surface area contributed by atoms with Crippen molar-refractivity contribution in [2.24, 2.45) is 7.05 Å². The molecule has 0 unspecified atom stereocenters. The SMILES string of the molecule is COc1cc2ccn(C)c(=O)c2cc1C(C)=O. The monoisotopic (exact) mass is 231 g/mol. The molecule has 4 nitrogen and oxygen atoms in total. The van der Waals surface area contributed by atoms with Crippen molar-refractivity contribution < 1.29 is 9.53 Å². The Kier molecular flexibility index (Phi) is 2.71. The van der Waals surface area contributed by atoms with Gasteiger partial charge in [0.1, 0.15) is 5.75 Å². The molecule has 0 atom stereocenters. The van der Waals surface area contributed by atoms with Crippen molar-refractivity contribution in [2.45, 2.75) is 6.92 Å². The van der Waals surface area contributed by atoms with Crippen molar-refractivity contribution in [3.8, 4) is 5.75 Å². The number of benzene rings is 1. The van der Waals surface area contributed by atoms with Crippen LogP contribution in [0, 0.1) is 0 Å². The molecule has 0 N–H and O–H groups in total. The average molecular weight is 231 g/mol. The molecule has 0 aliphatic heterocycles. The zero-order chi connectivity index (χ0) is 12.6. The molecule has 0 spiro atoms. The first-order valence-electron chi connectivity index (χ1n) is 5.23. The van der Waals surface area contributed by atoms with Gasteiger partial charge in [0.15, 0.2) is 5.78 Å². The summed E-state index contributed by atoms with van der Waals surface area (Å²) in [5, 5.41) is 1.30. The van der Waals surface area contributed by atoms with E-state index in [4.69, 9.17) is 4.74 Å². The molecular formula is C13H13NO3. The number of Topliss-reactive ketones (excluding diaryl/α,β-unsaturated/α-hetero) is 1. The molecule has 1 aromatic carbocycles. The summed E-state index contributed by atoms with van der Waals surface area (Å²) in [5.41, 5.74) is 0.316. The van der Waals surface area contributed by atoms with Crippen LogP contribution in [0.3, 0.4) is 0 Å². The Morgan fingerprint density at radius 3 is 2.65 bits per heavy atom. The van der Waals surface area contributed by atoms with Crippen LogP contribution in [0.2, 0.25) is 0 Å². The van der Waals surface area contributed by atoms with Crippen LogP contribution < -0.4 is 10.3 Å². The number of methoxy groups -OCH3 is 1. The molecule has 0 saturated heterocycles. The van der Waals surface area contributed by atoms with Crippen LogP contribution >= 0.6 is 0 Å². The third-order valence-corrected chi connectivity index (χ3v) is 2.78. The Hall–Kier alpha value is -2.10. The molecule has 0 amide bonds. The summed E-state index contributed by atoms with van der Waals surface area (Å²) in [6.45, 7) is 1.46. The molecule has 0 aliphatic carbocycles. The van der Waals surface area contributed by atoms with Crippen molar-refractivity contribution in [1.29, 1.82) is 0 Å². The van der Waals surface area contributed by atoms with Gasteiger partial charge in [-0.05, 0) is 30.5 Å². The lowest BCUT2D eigenvalue weighted by Gasteiger charge is -2.08. The van der Waals surface area contributed by atoms with Crippen molar-refractivity contribution in [2.75, 3.05) is 7.11 Å². The van der Waals surface area contributed by atoms with Crippen LogP contribution in [0.15, 0.2) is 29.2 Å². The fourth-order valence-electron chi connectivity index (χ4n) is 1.81. The Labute approximate surface area is 98.4 Å². The molecule has 0 radical (unpaired) electrons. The normalized spacial score (nSPS) is 10.5. The maximum atomic E-state index is 11.9. The van der Waals surface area contributed by atoms with Crippen molar-refractivity contribution in [3.63, 3.8) is 0 Å². The van der Waals surface area contributed by atoms with E-state index in [1.54, 1.807) is 25.4 Å². The number of ketones is 1. The molecule has 2 rings (SSSR count). The standard InChI is InChI=1S/C13H13NO3/c1-8(15)10-7-11-9(6-12(10)17-3)4-5-14(2)13(11)16/h4-7H,1-3H3. The zero-order valence-corrected chi connectivity index (χ0v) is 9.98. The summed E-state index contributed by atoms with van der Waals surface area (Å²) in [5.74, 6) is 0.382. The zero-order valence-electron chi connectivity index (χ0n) is 9.98. The highest BCUT2D eigenvalue weighted by Crippen LogP contribution is 2.24. The van der Waals surface area contributed by atoms with Crippen LogP contribution in [-0.4, -0.2) is 17.5 Å². The number of hydrogen-bond acceptors (Lipinski definition) is 3. The third kappa shape index (κ3) is 1.82. The van der Waals surface area contributed by atoms with Gasteiger partial charge in [-0.1, -0.05) is 0 Å². The van der Waals surface area contributed by atoms with Crippen LogP contribution in [0.5, 0.6) is 5.75 Å². The summed E-state index contributed by atoms with van der Waals surface area (Å²) in [7, 11) is 3.19. The molecule has 2 aromatic rings. The predicted molar refractivity (Wildman–Crippen MR) is 65.7 cm³/mol. The van der Waals surface area contributed by atoms with E-state index in [1.165, 1.54) is 18.6 Å². The minimum Gasteiger partial charge on any atom is -0.496 e. The lowest BCUT2D eigenvalue weighted by Crippen LogP contribution is -2.16. The fraction of sp³-hybridized carbons (Fsp3) is 0.231. The lowest BCUT2D eigenvalue weighted by molar-refractivity contribution is 0.101.